The minimum atomic E-state index is -0.366. The molecule has 3 rings (SSSR count). The third kappa shape index (κ3) is 4.88. The van der Waals surface area contributed by atoms with Crippen LogP contribution in [0.1, 0.15) is 21.5 Å². The van der Waals surface area contributed by atoms with E-state index >= 15 is 0 Å². The third-order valence-electron chi connectivity index (χ3n) is 4.32. The Balaban J connectivity index is 1.67. The van der Waals surface area contributed by atoms with Gasteiger partial charge in [0.25, 0.3) is 5.91 Å². The van der Waals surface area contributed by atoms with Crippen molar-refractivity contribution < 1.29 is 18.7 Å². The first-order valence-electron chi connectivity index (χ1n) is 8.91. The number of rotatable bonds is 7. The predicted molar refractivity (Wildman–Crippen MR) is 106 cm³/mol. The molecule has 144 valence electrons. The molecule has 0 aliphatic rings. The molecule has 0 saturated carbocycles. The molecule has 0 fully saturated rings. The summed E-state index contributed by atoms with van der Waals surface area (Å²) >= 11 is 0. The molecule has 5 heteroatoms. The number of ether oxygens (including phenoxy) is 2. The van der Waals surface area contributed by atoms with Gasteiger partial charge in [0.2, 0.25) is 0 Å². The number of carbonyl (C=O) groups excluding carboxylic acids is 1. The lowest BCUT2D eigenvalue weighted by atomic mass is 10.1. The van der Waals surface area contributed by atoms with Crippen molar-refractivity contribution >= 4 is 5.91 Å². The van der Waals surface area contributed by atoms with E-state index in [1.165, 1.54) is 24.3 Å². The first-order chi connectivity index (χ1) is 13.6. The van der Waals surface area contributed by atoms with E-state index in [1.54, 1.807) is 19.1 Å². The molecule has 0 saturated heterocycles. The van der Waals surface area contributed by atoms with E-state index in [9.17, 15) is 9.18 Å². The summed E-state index contributed by atoms with van der Waals surface area (Å²) in [6, 6.07) is 21.0. The minimum absolute atomic E-state index is 0.177. The Morgan fingerprint density at radius 3 is 2.32 bits per heavy atom. The number of halogens is 1. The zero-order chi connectivity index (χ0) is 19.9. The highest BCUT2D eigenvalue weighted by Gasteiger charge is 2.14. The lowest BCUT2D eigenvalue weighted by molar-refractivity contribution is 0.0785. The van der Waals surface area contributed by atoms with E-state index < -0.39 is 0 Å². The fourth-order valence-electron chi connectivity index (χ4n) is 2.82. The van der Waals surface area contributed by atoms with Gasteiger partial charge >= 0.3 is 0 Å². The van der Waals surface area contributed by atoms with Crippen LogP contribution in [0, 0.1) is 5.82 Å². The second kappa shape index (κ2) is 9.04. The van der Waals surface area contributed by atoms with Crippen LogP contribution in [0.4, 0.5) is 4.39 Å². The summed E-state index contributed by atoms with van der Waals surface area (Å²) in [4.78, 5) is 14.1. The first-order valence-corrected chi connectivity index (χ1v) is 8.91. The van der Waals surface area contributed by atoms with E-state index in [0.29, 0.717) is 30.2 Å². The zero-order valence-corrected chi connectivity index (χ0v) is 15.9. The maximum atomic E-state index is 13.0. The van der Waals surface area contributed by atoms with Crippen molar-refractivity contribution in [3.05, 3.63) is 95.3 Å². The highest BCUT2D eigenvalue weighted by Crippen LogP contribution is 2.29. The van der Waals surface area contributed by atoms with Crippen molar-refractivity contribution in [1.82, 2.24) is 4.90 Å². The van der Waals surface area contributed by atoms with Gasteiger partial charge in [0.05, 0.1) is 7.11 Å². The monoisotopic (exact) mass is 379 g/mol. The Labute approximate surface area is 164 Å². The van der Waals surface area contributed by atoms with Crippen LogP contribution in [0.5, 0.6) is 11.5 Å². The van der Waals surface area contributed by atoms with E-state index in [4.69, 9.17) is 9.47 Å². The van der Waals surface area contributed by atoms with Crippen LogP contribution < -0.4 is 9.47 Å². The third-order valence-corrected chi connectivity index (χ3v) is 4.32. The first kappa shape index (κ1) is 19.4. The van der Waals surface area contributed by atoms with E-state index in [2.05, 4.69) is 0 Å². The molecule has 1 amide bonds. The fourth-order valence-corrected chi connectivity index (χ4v) is 2.82. The summed E-state index contributed by atoms with van der Waals surface area (Å²) in [6.07, 6.45) is 0. The number of carbonyl (C=O) groups is 1. The Morgan fingerprint density at radius 2 is 1.64 bits per heavy atom. The van der Waals surface area contributed by atoms with Crippen LogP contribution in [0.3, 0.4) is 0 Å². The number of benzene rings is 3. The molecule has 3 aromatic carbocycles. The molecule has 0 aliphatic carbocycles. The molecular weight excluding hydrogens is 357 g/mol. The topological polar surface area (TPSA) is 38.8 Å². The molecule has 0 heterocycles. The normalized spacial score (nSPS) is 10.4. The lowest BCUT2D eigenvalue weighted by Gasteiger charge is -2.19. The van der Waals surface area contributed by atoms with Crippen molar-refractivity contribution in [2.24, 2.45) is 0 Å². The largest absolute Gasteiger partial charge is 0.493 e. The van der Waals surface area contributed by atoms with Gasteiger partial charge in [0.15, 0.2) is 11.5 Å². The Kier molecular flexibility index (Phi) is 6.27. The van der Waals surface area contributed by atoms with E-state index in [1.807, 2.05) is 48.5 Å². The highest BCUT2D eigenvalue weighted by atomic mass is 19.1. The molecule has 0 radical (unpaired) electrons. The summed E-state index contributed by atoms with van der Waals surface area (Å²) in [5.74, 6) is 0.706. The number of amides is 1. The van der Waals surface area contributed by atoms with Gasteiger partial charge in [0, 0.05) is 19.2 Å². The number of nitrogens with zero attached hydrogens (tertiary/aromatic N) is 1. The molecule has 28 heavy (non-hydrogen) atoms. The van der Waals surface area contributed by atoms with Gasteiger partial charge in [-0.2, -0.15) is 0 Å². The van der Waals surface area contributed by atoms with Crippen LogP contribution in [0.15, 0.2) is 72.8 Å². The smallest absolute Gasteiger partial charge is 0.253 e. The highest BCUT2D eigenvalue weighted by molar-refractivity contribution is 5.93. The summed E-state index contributed by atoms with van der Waals surface area (Å²) in [7, 11) is 3.29. The molecule has 0 unspecified atom stereocenters. The van der Waals surface area contributed by atoms with Crippen LogP contribution in [0.2, 0.25) is 0 Å². The van der Waals surface area contributed by atoms with Gasteiger partial charge in [-0.3, -0.25) is 4.79 Å². The summed E-state index contributed by atoms with van der Waals surface area (Å²) in [5.41, 5.74) is 2.42. The van der Waals surface area contributed by atoms with E-state index in [0.717, 1.165) is 11.1 Å². The Hall–Kier alpha value is -3.34. The summed E-state index contributed by atoms with van der Waals surface area (Å²) in [5, 5.41) is 0. The maximum Gasteiger partial charge on any atom is 0.253 e. The lowest BCUT2D eigenvalue weighted by Crippen LogP contribution is -2.26. The zero-order valence-electron chi connectivity index (χ0n) is 15.9. The average Bonchev–Trinajstić information content (AvgIpc) is 2.73. The molecule has 0 N–H and O–H groups in total. The quantitative estimate of drug-likeness (QED) is 0.598. The second-order valence-electron chi connectivity index (χ2n) is 6.43. The van der Waals surface area contributed by atoms with Gasteiger partial charge in [0.1, 0.15) is 12.4 Å². The standard InChI is InChI=1S/C23H22FNO3/c1-25(23(26)19-9-11-20(24)12-10-19)15-18-8-13-21(22(14-18)27-2)28-16-17-6-4-3-5-7-17/h3-14H,15-16H2,1-2H3. The summed E-state index contributed by atoms with van der Waals surface area (Å²) < 4.78 is 24.3. The molecule has 3 aromatic rings. The van der Waals surface area contributed by atoms with Crippen LogP contribution >= 0.6 is 0 Å². The van der Waals surface area contributed by atoms with Gasteiger partial charge in [-0.1, -0.05) is 36.4 Å². The SMILES string of the molecule is COc1cc(CN(C)C(=O)c2ccc(F)cc2)ccc1OCc1ccccc1. The molecule has 0 atom stereocenters. The molecule has 4 nitrogen and oxygen atoms in total. The molecule has 0 aliphatic heterocycles. The number of methoxy groups -OCH3 is 1. The van der Waals surface area contributed by atoms with Crippen molar-refractivity contribution in [2.45, 2.75) is 13.2 Å². The van der Waals surface area contributed by atoms with Crippen LogP contribution in [-0.4, -0.2) is 25.0 Å². The van der Waals surface area contributed by atoms with Crippen molar-refractivity contribution in [2.75, 3.05) is 14.2 Å². The molecule has 0 aromatic heterocycles. The van der Waals surface area contributed by atoms with Crippen LogP contribution in [0.25, 0.3) is 0 Å². The van der Waals surface area contributed by atoms with Gasteiger partial charge in [-0.25, -0.2) is 4.39 Å². The van der Waals surface area contributed by atoms with Gasteiger partial charge in [-0.05, 0) is 47.5 Å². The van der Waals surface area contributed by atoms with Crippen molar-refractivity contribution in [1.29, 1.82) is 0 Å². The fraction of sp³-hybridized carbons (Fsp3) is 0.174. The average molecular weight is 379 g/mol. The Morgan fingerprint density at radius 1 is 0.929 bits per heavy atom. The van der Waals surface area contributed by atoms with Gasteiger partial charge in [-0.15, -0.1) is 0 Å². The summed E-state index contributed by atoms with van der Waals surface area (Å²) in [6.45, 7) is 0.838. The second-order valence-corrected chi connectivity index (χ2v) is 6.43. The maximum absolute atomic E-state index is 13.0. The number of hydrogen-bond acceptors (Lipinski definition) is 3. The molecule has 0 bridgehead atoms. The Bertz CT molecular complexity index is 926. The minimum Gasteiger partial charge on any atom is -0.493 e. The predicted octanol–water partition coefficient (Wildman–Crippen LogP) is 4.69. The molecule has 0 spiro atoms. The van der Waals surface area contributed by atoms with Gasteiger partial charge < -0.3 is 14.4 Å². The van der Waals surface area contributed by atoms with Crippen molar-refractivity contribution in [3.63, 3.8) is 0 Å². The van der Waals surface area contributed by atoms with Crippen LogP contribution in [-0.2, 0) is 13.2 Å². The van der Waals surface area contributed by atoms with E-state index in [-0.39, 0.29) is 11.7 Å². The molecular formula is C23H22FNO3. The van der Waals surface area contributed by atoms with Crippen molar-refractivity contribution in [3.8, 4) is 11.5 Å². The number of hydrogen-bond donors (Lipinski definition) is 0.